The summed E-state index contributed by atoms with van der Waals surface area (Å²) in [6.45, 7) is 0.655. The second-order valence-corrected chi connectivity index (χ2v) is 6.73. The fourth-order valence-electron chi connectivity index (χ4n) is 3.57. The summed E-state index contributed by atoms with van der Waals surface area (Å²) in [5, 5.41) is 3.21. The minimum absolute atomic E-state index is 0.103. The van der Waals surface area contributed by atoms with Crippen molar-refractivity contribution in [1.29, 1.82) is 0 Å². The van der Waals surface area contributed by atoms with Gasteiger partial charge < -0.3 is 10.2 Å². The molecule has 4 heteroatoms. The maximum atomic E-state index is 12.4. The topological polar surface area (TPSA) is 49.4 Å². The monoisotopic (exact) mass is 278 g/mol. The largest absolute Gasteiger partial charge is 0.353 e. The molecule has 0 aromatic carbocycles. The van der Waals surface area contributed by atoms with Gasteiger partial charge in [0.1, 0.15) is 0 Å². The second kappa shape index (κ2) is 6.15. The summed E-state index contributed by atoms with van der Waals surface area (Å²) in [7, 11) is 0. The SMILES string of the molecule is O=C(NC1CCCCCCC1)C1CC(=O)N(C2CC2)C1. The number of rotatable bonds is 3. The minimum Gasteiger partial charge on any atom is -0.353 e. The summed E-state index contributed by atoms with van der Waals surface area (Å²) in [4.78, 5) is 26.2. The van der Waals surface area contributed by atoms with Gasteiger partial charge in [0.05, 0.1) is 5.92 Å². The number of nitrogens with one attached hydrogen (secondary N) is 1. The predicted molar refractivity (Wildman–Crippen MR) is 77.1 cm³/mol. The van der Waals surface area contributed by atoms with Crippen molar-refractivity contribution < 1.29 is 9.59 Å². The van der Waals surface area contributed by atoms with Gasteiger partial charge in [0, 0.05) is 25.0 Å². The first-order valence-electron chi connectivity index (χ1n) is 8.34. The quantitative estimate of drug-likeness (QED) is 0.860. The van der Waals surface area contributed by atoms with Gasteiger partial charge >= 0.3 is 0 Å². The zero-order valence-corrected chi connectivity index (χ0v) is 12.3. The van der Waals surface area contributed by atoms with Gasteiger partial charge in [-0.05, 0) is 25.7 Å². The van der Waals surface area contributed by atoms with Crippen molar-refractivity contribution >= 4 is 11.8 Å². The lowest BCUT2D eigenvalue weighted by Gasteiger charge is -2.23. The highest BCUT2D eigenvalue weighted by atomic mass is 16.2. The van der Waals surface area contributed by atoms with Crippen LogP contribution in [0, 0.1) is 5.92 Å². The van der Waals surface area contributed by atoms with E-state index < -0.39 is 0 Å². The van der Waals surface area contributed by atoms with Crippen molar-refractivity contribution in [2.75, 3.05) is 6.54 Å². The van der Waals surface area contributed by atoms with Crippen LogP contribution in [0.2, 0.25) is 0 Å². The van der Waals surface area contributed by atoms with Crippen LogP contribution in [0.15, 0.2) is 0 Å². The van der Waals surface area contributed by atoms with E-state index in [2.05, 4.69) is 5.32 Å². The van der Waals surface area contributed by atoms with Crippen molar-refractivity contribution in [2.24, 2.45) is 5.92 Å². The van der Waals surface area contributed by atoms with Gasteiger partial charge in [-0.15, -0.1) is 0 Å². The first kappa shape index (κ1) is 13.9. The third-order valence-corrected chi connectivity index (χ3v) is 4.97. The van der Waals surface area contributed by atoms with Crippen LogP contribution in [0.4, 0.5) is 0 Å². The number of hydrogen-bond acceptors (Lipinski definition) is 2. The van der Waals surface area contributed by atoms with E-state index in [1.807, 2.05) is 4.90 Å². The summed E-state index contributed by atoms with van der Waals surface area (Å²) >= 11 is 0. The van der Waals surface area contributed by atoms with Crippen LogP contribution in [-0.4, -0.2) is 35.3 Å². The van der Waals surface area contributed by atoms with Gasteiger partial charge in [0.25, 0.3) is 0 Å². The molecule has 1 aliphatic heterocycles. The average molecular weight is 278 g/mol. The van der Waals surface area contributed by atoms with E-state index in [4.69, 9.17) is 0 Å². The Bertz CT molecular complexity index is 371. The molecule has 0 spiro atoms. The van der Waals surface area contributed by atoms with Gasteiger partial charge in [-0.3, -0.25) is 9.59 Å². The summed E-state index contributed by atoms with van der Waals surface area (Å²) in [5.74, 6) is 0.200. The van der Waals surface area contributed by atoms with Gasteiger partial charge in [0.2, 0.25) is 11.8 Å². The molecule has 3 fully saturated rings. The van der Waals surface area contributed by atoms with E-state index in [1.165, 1.54) is 32.1 Å². The fourth-order valence-corrected chi connectivity index (χ4v) is 3.57. The molecule has 1 N–H and O–H groups in total. The normalized spacial score (nSPS) is 29.1. The third kappa shape index (κ3) is 3.33. The van der Waals surface area contributed by atoms with Crippen LogP contribution in [0.25, 0.3) is 0 Å². The maximum Gasteiger partial charge on any atom is 0.225 e. The van der Waals surface area contributed by atoms with E-state index >= 15 is 0 Å². The number of hydrogen-bond donors (Lipinski definition) is 1. The number of likely N-dealkylation sites (tertiary alicyclic amines) is 1. The molecule has 2 aliphatic carbocycles. The Kier molecular flexibility index (Phi) is 4.27. The number of carbonyl (C=O) groups excluding carboxylic acids is 2. The molecule has 1 unspecified atom stereocenters. The van der Waals surface area contributed by atoms with E-state index in [0.717, 1.165) is 25.7 Å². The first-order chi connectivity index (χ1) is 9.74. The predicted octanol–water partition coefficient (Wildman–Crippen LogP) is 2.23. The first-order valence-corrected chi connectivity index (χ1v) is 8.34. The Balaban J connectivity index is 1.49. The number of amides is 2. The average Bonchev–Trinajstić information content (AvgIpc) is 3.15. The van der Waals surface area contributed by atoms with E-state index in [-0.39, 0.29) is 17.7 Å². The Hall–Kier alpha value is -1.06. The van der Waals surface area contributed by atoms with Crippen molar-refractivity contribution in [3.8, 4) is 0 Å². The molecule has 2 amide bonds. The van der Waals surface area contributed by atoms with E-state index in [9.17, 15) is 9.59 Å². The fraction of sp³-hybridized carbons (Fsp3) is 0.875. The second-order valence-electron chi connectivity index (χ2n) is 6.73. The third-order valence-electron chi connectivity index (χ3n) is 4.97. The van der Waals surface area contributed by atoms with Crippen LogP contribution >= 0.6 is 0 Å². The van der Waals surface area contributed by atoms with Crippen LogP contribution in [0.5, 0.6) is 0 Å². The molecule has 0 aromatic rings. The molecule has 0 radical (unpaired) electrons. The molecular formula is C16H26N2O2. The van der Waals surface area contributed by atoms with Crippen molar-refractivity contribution in [2.45, 2.75) is 76.3 Å². The zero-order chi connectivity index (χ0) is 13.9. The lowest BCUT2D eigenvalue weighted by atomic mass is 9.96. The number of nitrogens with zero attached hydrogens (tertiary/aromatic N) is 1. The van der Waals surface area contributed by atoms with Gasteiger partial charge in [-0.25, -0.2) is 0 Å². The summed E-state index contributed by atoms with van der Waals surface area (Å²) < 4.78 is 0. The van der Waals surface area contributed by atoms with E-state index in [1.54, 1.807) is 0 Å². The molecule has 1 saturated heterocycles. The van der Waals surface area contributed by atoms with Crippen LogP contribution in [0.3, 0.4) is 0 Å². The van der Waals surface area contributed by atoms with Crippen LogP contribution in [0.1, 0.15) is 64.2 Å². The Labute approximate surface area is 121 Å². The molecule has 2 saturated carbocycles. The highest BCUT2D eigenvalue weighted by molar-refractivity contribution is 5.89. The molecule has 20 heavy (non-hydrogen) atoms. The highest BCUT2D eigenvalue weighted by Gasteiger charge is 2.41. The smallest absolute Gasteiger partial charge is 0.225 e. The standard InChI is InChI=1S/C16H26N2O2/c19-15-10-12(11-18(15)14-8-9-14)16(20)17-13-6-4-2-1-3-5-7-13/h12-14H,1-11H2,(H,17,20). The van der Waals surface area contributed by atoms with E-state index in [0.29, 0.717) is 25.0 Å². The van der Waals surface area contributed by atoms with Crippen molar-refractivity contribution in [1.82, 2.24) is 10.2 Å². The molecule has 0 bridgehead atoms. The summed E-state index contributed by atoms with van der Waals surface area (Å²) in [5.41, 5.74) is 0. The van der Waals surface area contributed by atoms with Crippen LogP contribution < -0.4 is 5.32 Å². The molecule has 3 aliphatic rings. The maximum absolute atomic E-state index is 12.4. The van der Waals surface area contributed by atoms with Gasteiger partial charge in [0.15, 0.2) is 0 Å². The van der Waals surface area contributed by atoms with Gasteiger partial charge in [-0.2, -0.15) is 0 Å². The summed E-state index contributed by atoms with van der Waals surface area (Å²) in [6, 6.07) is 0.787. The molecule has 0 aromatic heterocycles. The van der Waals surface area contributed by atoms with Crippen molar-refractivity contribution in [3.05, 3.63) is 0 Å². The molecule has 112 valence electrons. The molecule has 1 heterocycles. The lowest BCUT2D eigenvalue weighted by molar-refractivity contribution is -0.129. The zero-order valence-electron chi connectivity index (χ0n) is 12.3. The lowest BCUT2D eigenvalue weighted by Crippen LogP contribution is -2.40. The summed E-state index contributed by atoms with van der Waals surface area (Å²) in [6.07, 6.45) is 11.3. The number of carbonyl (C=O) groups is 2. The molecule has 4 nitrogen and oxygen atoms in total. The Morgan fingerprint density at radius 1 is 1.00 bits per heavy atom. The minimum atomic E-state index is -0.103. The Morgan fingerprint density at radius 2 is 1.65 bits per heavy atom. The van der Waals surface area contributed by atoms with Crippen LogP contribution in [-0.2, 0) is 9.59 Å². The molecular weight excluding hydrogens is 252 g/mol. The highest BCUT2D eigenvalue weighted by Crippen LogP contribution is 2.32. The molecule has 3 rings (SSSR count). The Morgan fingerprint density at radius 3 is 2.30 bits per heavy atom. The van der Waals surface area contributed by atoms with Crippen molar-refractivity contribution in [3.63, 3.8) is 0 Å². The van der Waals surface area contributed by atoms with Gasteiger partial charge in [-0.1, -0.05) is 32.1 Å². The molecule has 1 atom stereocenters.